The van der Waals surface area contributed by atoms with Crippen LogP contribution in [0.25, 0.3) is 28.1 Å². The molecule has 2 atom stereocenters. The molecule has 2 saturated carbocycles. The van der Waals surface area contributed by atoms with Crippen LogP contribution in [0, 0.1) is 17.8 Å². The van der Waals surface area contributed by atoms with E-state index in [9.17, 15) is 9.90 Å². The molecule has 0 radical (unpaired) electrons. The Kier molecular flexibility index (Phi) is 5.79. The van der Waals surface area contributed by atoms with Crippen molar-refractivity contribution in [3.8, 4) is 17.1 Å². The molecule has 198 valence electrons. The van der Waals surface area contributed by atoms with Crippen LogP contribution in [0.3, 0.4) is 0 Å². The summed E-state index contributed by atoms with van der Waals surface area (Å²) >= 11 is 12.9. The van der Waals surface area contributed by atoms with Crippen LogP contribution in [0.1, 0.15) is 40.6 Å². The lowest BCUT2D eigenvalue weighted by atomic mass is 10.0. The van der Waals surface area contributed by atoms with E-state index in [0.29, 0.717) is 50.9 Å². The van der Waals surface area contributed by atoms with Crippen LogP contribution >= 0.6 is 23.2 Å². The van der Waals surface area contributed by atoms with Gasteiger partial charge in [-0.15, -0.1) is 0 Å². The van der Waals surface area contributed by atoms with Crippen molar-refractivity contribution in [3.05, 3.63) is 69.8 Å². The number of piperidine rings is 1. The number of fused-ring (bicyclic) bond motifs is 2. The first-order valence-electron chi connectivity index (χ1n) is 12.9. The Bertz CT molecular complexity index is 1630. The predicted octanol–water partition coefficient (Wildman–Crippen LogP) is 6.57. The van der Waals surface area contributed by atoms with E-state index >= 15 is 0 Å². The summed E-state index contributed by atoms with van der Waals surface area (Å²) in [6.07, 6.45) is 9.78. The summed E-state index contributed by atoms with van der Waals surface area (Å²) in [5, 5.41) is 16.2. The molecule has 3 aromatic heterocycles. The molecule has 0 amide bonds. The van der Waals surface area contributed by atoms with Crippen molar-refractivity contribution in [1.29, 1.82) is 0 Å². The normalized spacial score (nSPS) is 22.0. The van der Waals surface area contributed by atoms with Gasteiger partial charge < -0.3 is 19.3 Å². The molecule has 0 bridgehead atoms. The standard InChI is InChI=1S/C29H24Cl2N4O4/c1-38-28-19-9-16(5-4-15(19)8-24(33-28)29(36)37)35-12-20-17(21(20)13-35)6-7-18-26(34-39-27(18)14-2-3-14)25-22(30)10-32-11-23(25)31/h4-11,14,17,20-21H,2-3,12-13H2,1H3,(H,36,37)/b7-6+. The zero-order valence-electron chi connectivity index (χ0n) is 21.0. The molecule has 4 aromatic rings. The van der Waals surface area contributed by atoms with Crippen molar-refractivity contribution in [3.63, 3.8) is 0 Å². The SMILES string of the molecule is COc1nc(C(=O)O)cc2ccc(N3CC4C(/C=C/c5c(-c6c(Cl)cncc6Cl)noc5C5CC5)C4C3)cc12. The number of rotatable bonds is 7. The Morgan fingerprint density at radius 3 is 2.56 bits per heavy atom. The lowest BCUT2D eigenvalue weighted by Gasteiger charge is -2.22. The van der Waals surface area contributed by atoms with Crippen LogP contribution in [0.5, 0.6) is 5.88 Å². The first-order valence-corrected chi connectivity index (χ1v) is 13.6. The number of allylic oxidation sites excluding steroid dienone is 1. The van der Waals surface area contributed by atoms with Crippen LogP contribution in [0.4, 0.5) is 5.69 Å². The molecular formula is C29H24Cl2N4O4. The van der Waals surface area contributed by atoms with E-state index in [1.165, 1.54) is 7.11 Å². The van der Waals surface area contributed by atoms with Crippen molar-refractivity contribution in [2.24, 2.45) is 17.8 Å². The van der Waals surface area contributed by atoms with Crippen molar-refractivity contribution in [1.82, 2.24) is 15.1 Å². The van der Waals surface area contributed by atoms with Gasteiger partial charge in [0.15, 0.2) is 5.69 Å². The van der Waals surface area contributed by atoms with Gasteiger partial charge in [0, 0.05) is 53.6 Å². The number of carbonyl (C=O) groups is 1. The van der Waals surface area contributed by atoms with E-state index in [-0.39, 0.29) is 5.69 Å². The number of ether oxygens (including phenoxy) is 1. The van der Waals surface area contributed by atoms with Gasteiger partial charge in [0.25, 0.3) is 0 Å². The number of hydrogen-bond donors (Lipinski definition) is 1. The number of benzene rings is 1. The maximum absolute atomic E-state index is 11.4. The number of carboxylic acids is 1. The van der Waals surface area contributed by atoms with Crippen molar-refractivity contribution >= 4 is 51.7 Å². The fraction of sp³-hybridized carbons (Fsp3) is 0.310. The summed E-state index contributed by atoms with van der Waals surface area (Å²) in [5.74, 6) is 2.15. The molecule has 10 heteroatoms. The monoisotopic (exact) mass is 562 g/mol. The molecule has 0 spiro atoms. The zero-order chi connectivity index (χ0) is 26.8. The van der Waals surface area contributed by atoms with Gasteiger partial charge in [0.05, 0.1) is 17.2 Å². The van der Waals surface area contributed by atoms with Crippen LogP contribution in [-0.4, -0.2) is 46.4 Å². The Balaban J connectivity index is 1.11. The zero-order valence-corrected chi connectivity index (χ0v) is 22.5. The van der Waals surface area contributed by atoms with E-state index in [4.69, 9.17) is 32.5 Å². The fourth-order valence-electron chi connectivity index (χ4n) is 5.87. The average Bonchev–Trinajstić information content (AvgIpc) is 3.79. The minimum Gasteiger partial charge on any atom is -0.481 e. The first-order chi connectivity index (χ1) is 18.9. The first kappa shape index (κ1) is 24.4. The number of pyridine rings is 2. The number of nitrogens with zero attached hydrogens (tertiary/aromatic N) is 4. The Morgan fingerprint density at radius 1 is 1.15 bits per heavy atom. The maximum atomic E-state index is 11.4. The molecule has 2 unspecified atom stereocenters. The van der Waals surface area contributed by atoms with Gasteiger partial charge >= 0.3 is 5.97 Å². The highest BCUT2D eigenvalue weighted by Gasteiger charge is 2.54. The molecule has 3 fully saturated rings. The number of methoxy groups -OCH3 is 1. The summed E-state index contributed by atoms with van der Waals surface area (Å²) in [4.78, 5) is 22.0. The molecule has 1 N–H and O–H groups in total. The molecule has 1 aromatic carbocycles. The molecule has 1 aliphatic heterocycles. The third kappa shape index (κ3) is 4.22. The quantitative estimate of drug-likeness (QED) is 0.269. The van der Waals surface area contributed by atoms with Crippen molar-refractivity contribution in [2.75, 3.05) is 25.1 Å². The van der Waals surface area contributed by atoms with E-state index in [0.717, 1.165) is 53.7 Å². The number of anilines is 1. The second kappa shape index (κ2) is 9.24. The van der Waals surface area contributed by atoms with Crippen LogP contribution in [0.15, 0.2) is 47.3 Å². The summed E-state index contributed by atoms with van der Waals surface area (Å²) in [7, 11) is 1.51. The molecule has 8 nitrogen and oxygen atoms in total. The van der Waals surface area contributed by atoms with Gasteiger partial charge in [-0.2, -0.15) is 0 Å². The molecule has 7 rings (SSSR count). The minimum atomic E-state index is -1.08. The number of aromatic carboxylic acids is 1. The van der Waals surface area contributed by atoms with Gasteiger partial charge in [-0.05, 0) is 54.2 Å². The van der Waals surface area contributed by atoms with Gasteiger partial charge in [-0.25, -0.2) is 9.78 Å². The fourth-order valence-corrected chi connectivity index (χ4v) is 6.41. The van der Waals surface area contributed by atoms with E-state index in [2.05, 4.69) is 32.2 Å². The van der Waals surface area contributed by atoms with Crippen LogP contribution in [0.2, 0.25) is 10.0 Å². The van der Waals surface area contributed by atoms with Gasteiger partial charge in [-0.1, -0.05) is 46.6 Å². The second-order valence-electron chi connectivity index (χ2n) is 10.5. The van der Waals surface area contributed by atoms with E-state index in [1.54, 1.807) is 18.5 Å². The minimum absolute atomic E-state index is 0.0292. The highest BCUT2D eigenvalue weighted by molar-refractivity contribution is 6.39. The molecule has 1 saturated heterocycles. The largest absolute Gasteiger partial charge is 0.481 e. The molecule has 4 heterocycles. The lowest BCUT2D eigenvalue weighted by Crippen LogP contribution is -2.23. The Hall–Kier alpha value is -3.62. The second-order valence-corrected chi connectivity index (χ2v) is 11.3. The molecular weight excluding hydrogens is 539 g/mol. The van der Waals surface area contributed by atoms with Gasteiger partial charge in [0.2, 0.25) is 5.88 Å². The number of aromatic nitrogens is 3. The average molecular weight is 563 g/mol. The predicted molar refractivity (Wildman–Crippen MR) is 149 cm³/mol. The third-order valence-electron chi connectivity index (χ3n) is 8.10. The Morgan fingerprint density at radius 2 is 1.90 bits per heavy atom. The summed E-state index contributed by atoms with van der Waals surface area (Å²) in [6, 6.07) is 7.59. The highest BCUT2D eigenvalue weighted by Crippen LogP contribution is 2.54. The Labute approximate surface area is 234 Å². The number of halogens is 2. The van der Waals surface area contributed by atoms with Crippen molar-refractivity contribution in [2.45, 2.75) is 18.8 Å². The third-order valence-corrected chi connectivity index (χ3v) is 8.67. The van der Waals surface area contributed by atoms with Crippen LogP contribution in [-0.2, 0) is 0 Å². The number of carboxylic acid groups (broad SMARTS) is 1. The molecule has 2 aliphatic carbocycles. The van der Waals surface area contributed by atoms with Gasteiger partial charge in [0.1, 0.15) is 11.5 Å². The van der Waals surface area contributed by atoms with E-state index in [1.807, 2.05) is 18.2 Å². The van der Waals surface area contributed by atoms with Crippen molar-refractivity contribution < 1.29 is 19.2 Å². The molecule has 3 aliphatic rings. The highest BCUT2D eigenvalue weighted by atomic mass is 35.5. The topological polar surface area (TPSA) is 102 Å². The van der Waals surface area contributed by atoms with E-state index < -0.39 is 5.97 Å². The smallest absolute Gasteiger partial charge is 0.354 e. The van der Waals surface area contributed by atoms with Crippen LogP contribution < -0.4 is 9.64 Å². The lowest BCUT2D eigenvalue weighted by molar-refractivity contribution is 0.0689. The van der Waals surface area contributed by atoms with Gasteiger partial charge in [-0.3, -0.25) is 4.98 Å². The summed E-state index contributed by atoms with van der Waals surface area (Å²) < 4.78 is 11.2. The maximum Gasteiger partial charge on any atom is 0.354 e. The number of hydrogen-bond acceptors (Lipinski definition) is 7. The molecule has 39 heavy (non-hydrogen) atoms. The summed E-state index contributed by atoms with van der Waals surface area (Å²) in [5.41, 5.74) is 3.34. The summed E-state index contributed by atoms with van der Waals surface area (Å²) in [6.45, 7) is 1.89.